The summed E-state index contributed by atoms with van der Waals surface area (Å²) in [6, 6.07) is 2.20. The van der Waals surface area contributed by atoms with Crippen molar-refractivity contribution in [3.05, 3.63) is 48.8 Å². The van der Waals surface area contributed by atoms with Crippen LogP contribution in [-0.4, -0.2) is 48.5 Å². The topological polar surface area (TPSA) is 83.7 Å². The van der Waals surface area contributed by atoms with Crippen molar-refractivity contribution >= 4 is 40.9 Å². The van der Waals surface area contributed by atoms with E-state index in [2.05, 4.69) is 29.3 Å². The lowest BCUT2D eigenvalue weighted by molar-refractivity contribution is 0.0674. The SMILES string of the molecule is CSc1cc(Cl)[nH]c(=O)c1CNC(=O)c1c(C)c2c(c(Cl)c1C1CCC(N(C)C)CC1)O[C@H](C)O2. The Morgan fingerprint density at radius 2 is 1.86 bits per heavy atom. The average Bonchev–Trinajstić information content (AvgIpc) is 3.22. The summed E-state index contributed by atoms with van der Waals surface area (Å²) < 4.78 is 11.7. The normalized spacial score (nSPS) is 21.4. The highest BCUT2D eigenvalue weighted by atomic mass is 35.5. The predicted octanol–water partition coefficient (Wildman–Crippen LogP) is 5.35. The second-order valence-electron chi connectivity index (χ2n) is 9.33. The van der Waals surface area contributed by atoms with Crippen molar-refractivity contribution in [2.24, 2.45) is 0 Å². The van der Waals surface area contributed by atoms with Crippen LogP contribution in [0.3, 0.4) is 0 Å². The molecule has 1 aliphatic heterocycles. The molecule has 0 spiro atoms. The number of aromatic nitrogens is 1. The maximum atomic E-state index is 13.7. The smallest absolute Gasteiger partial charge is 0.255 e. The fourth-order valence-electron chi connectivity index (χ4n) is 5.12. The summed E-state index contributed by atoms with van der Waals surface area (Å²) in [5.74, 6) is 0.856. The number of ether oxygens (including phenoxy) is 2. The lowest BCUT2D eigenvalue weighted by Crippen LogP contribution is -2.33. The largest absolute Gasteiger partial charge is 0.451 e. The van der Waals surface area contributed by atoms with Gasteiger partial charge in [-0.05, 0) is 70.5 Å². The van der Waals surface area contributed by atoms with E-state index < -0.39 is 6.29 Å². The number of carbonyl (C=O) groups is 1. The van der Waals surface area contributed by atoms with Gasteiger partial charge in [0, 0.05) is 30.0 Å². The molecule has 1 fully saturated rings. The van der Waals surface area contributed by atoms with E-state index in [4.69, 9.17) is 32.7 Å². The molecule has 0 unspecified atom stereocenters. The minimum atomic E-state index is -0.478. The Morgan fingerprint density at radius 3 is 2.49 bits per heavy atom. The molecule has 1 atom stereocenters. The summed E-state index contributed by atoms with van der Waals surface area (Å²) >= 11 is 14.3. The van der Waals surface area contributed by atoms with Crippen molar-refractivity contribution < 1.29 is 14.3 Å². The molecule has 4 rings (SSSR count). The van der Waals surface area contributed by atoms with Crippen LogP contribution in [0, 0.1) is 6.92 Å². The van der Waals surface area contributed by atoms with Gasteiger partial charge in [-0.2, -0.15) is 0 Å². The molecule has 2 aromatic rings. The highest BCUT2D eigenvalue weighted by molar-refractivity contribution is 7.98. The molecule has 1 amide bonds. The third kappa shape index (κ3) is 5.17. The Labute approximate surface area is 219 Å². The van der Waals surface area contributed by atoms with Crippen LogP contribution in [0.5, 0.6) is 11.5 Å². The lowest BCUT2D eigenvalue weighted by atomic mass is 9.78. The highest BCUT2D eigenvalue weighted by Gasteiger charge is 2.36. The molecule has 1 aromatic carbocycles. The highest BCUT2D eigenvalue weighted by Crippen LogP contribution is 2.51. The van der Waals surface area contributed by atoms with Crippen molar-refractivity contribution in [3.8, 4) is 11.5 Å². The molecular formula is C25H31Cl2N3O4S. The fraction of sp³-hybridized carbons (Fsp3) is 0.520. The zero-order valence-electron chi connectivity index (χ0n) is 20.6. The number of H-pyrrole nitrogens is 1. The van der Waals surface area contributed by atoms with Crippen molar-refractivity contribution in [2.45, 2.75) is 69.2 Å². The number of halogens is 2. The van der Waals surface area contributed by atoms with Crippen molar-refractivity contribution in [3.63, 3.8) is 0 Å². The molecule has 2 N–H and O–H groups in total. The van der Waals surface area contributed by atoms with E-state index in [1.807, 2.05) is 13.2 Å². The van der Waals surface area contributed by atoms with Crippen LogP contribution >= 0.6 is 35.0 Å². The fourth-order valence-corrected chi connectivity index (χ4v) is 6.40. The van der Waals surface area contributed by atoms with Gasteiger partial charge >= 0.3 is 0 Å². The van der Waals surface area contributed by atoms with Crippen LogP contribution in [0.15, 0.2) is 15.8 Å². The van der Waals surface area contributed by atoms with Gasteiger partial charge in [-0.25, -0.2) is 0 Å². The quantitative estimate of drug-likeness (QED) is 0.380. The van der Waals surface area contributed by atoms with E-state index in [0.29, 0.717) is 39.3 Å². The van der Waals surface area contributed by atoms with Crippen LogP contribution in [0.2, 0.25) is 10.2 Å². The number of rotatable bonds is 6. The molecule has 10 heteroatoms. The Bertz CT molecular complexity index is 1190. The zero-order chi connectivity index (χ0) is 25.4. The summed E-state index contributed by atoms with van der Waals surface area (Å²) in [6.45, 7) is 3.73. The van der Waals surface area contributed by atoms with Crippen LogP contribution < -0.4 is 20.3 Å². The van der Waals surface area contributed by atoms with Crippen LogP contribution in [0.1, 0.15) is 65.6 Å². The summed E-state index contributed by atoms with van der Waals surface area (Å²) in [4.78, 5) is 31.7. The van der Waals surface area contributed by atoms with Crippen molar-refractivity contribution in [1.82, 2.24) is 15.2 Å². The lowest BCUT2D eigenvalue weighted by Gasteiger charge is -2.34. The number of hydrogen-bond donors (Lipinski definition) is 2. The van der Waals surface area contributed by atoms with E-state index in [1.54, 1.807) is 13.0 Å². The molecule has 2 aliphatic rings. The summed E-state index contributed by atoms with van der Waals surface area (Å²) in [5, 5.41) is 3.66. The molecule has 1 saturated carbocycles. The van der Waals surface area contributed by atoms with Crippen LogP contribution in [0.25, 0.3) is 0 Å². The van der Waals surface area contributed by atoms with E-state index in [1.165, 1.54) is 11.8 Å². The molecule has 190 valence electrons. The van der Waals surface area contributed by atoms with Gasteiger partial charge in [-0.1, -0.05) is 23.2 Å². The summed E-state index contributed by atoms with van der Waals surface area (Å²) in [7, 11) is 4.20. The minimum Gasteiger partial charge on any atom is -0.451 e. The number of carbonyl (C=O) groups excluding carboxylic acids is 1. The maximum Gasteiger partial charge on any atom is 0.255 e. The molecule has 2 heterocycles. The summed E-state index contributed by atoms with van der Waals surface area (Å²) in [5.41, 5.74) is 2.16. The number of benzene rings is 1. The zero-order valence-corrected chi connectivity index (χ0v) is 22.9. The number of thioether (sulfide) groups is 1. The second-order valence-corrected chi connectivity index (χ2v) is 11.0. The molecule has 0 saturated heterocycles. The first-order valence-corrected chi connectivity index (χ1v) is 13.7. The number of fused-ring (bicyclic) bond motifs is 1. The number of nitrogens with zero attached hydrogens (tertiary/aromatic N) is 1. The monoisotopic (exact) mass is 539 g/mol. The van der Waals surface area contributed by atoms with Gasteiger partial charge in [0.2, 0.25) is 6.29 Å². The molecule has 0 radical (unpaired) electrons. The van der Waals surface area contributed by atoms with Gasteiger partial charge in [-0.3, -0.25) is 9.59 Å². The van der Waals surface area contributed by atoms with E-state index in [9.17, 15) is 9.59 Å². The number of hydrogen-bond acceptors (Lipinski definition) is 6. The predicted molar refractivity (Wildman–Crippen MR) is 141 cm³/mol. The minimum absolute atomic E-state index is 0.0657. The molecule has 35 heavy (non-hydrogen) atoms. The standard InChI is InChI=1S/C25H31Cl2N3O4S/c1-12-19(25(32)28-11-16-17(35-5)10-18(26)29-24(16)31)20(14-6-8-15(9-7-14)30(3)4)21(27)23-22(12)33-13(2)34-23/h10,13-15H,6-9,11H2,1-5H3,(H,28,32)(H,29,31)/t13-,14?,15?/m1/s1. The number of amides is 1. The van der Waals surface area contributed by atoms with E-state index in [-0.39, 0.29) is 29.1 Å². The first-order valence-electron chi connectivity index (χ1n) is 11.7. The number of pyridine rings is 1. The van der Waals surface area contributed by atoms with Gasteiger partial charge < -0.3 is 24.7 Å². The van der Waals surface area contributed by atoms with Gasteiger partial charge in [-0.15, -0.1) is 11.8 Å². The van der Waals surface area contributed by atoms with Gasteiger partial charge in [0.25, 0.3) is 11.5 Å². The average molecular weight is 541 g/mol. The Morgan fingerprint density at radius 1 is 1.20 bits per heavy atom. The second kappa shape index (κ2) is 10.6. The number of nitrogens with one attached hydrogen (secondary N) is 2. The van der Waals surface area contributed by atoms with Gasteiger partial charge in [0.15, 0.2) is 11.5 Å². The molecular weight excluding hydrogens is 509 g/mol. The van der Waals surface area contributed by atoms with Crippen molar-refractivity contribution in [2.75, 3.05) is 20.4 Å². The third-order valence-corrected chi connectivity index (χ3v) is 8.35. The summed E-state index contributed by atoms with van der Waals surface area (Å²) in [6.07, 6.45) is 5.28. The first kappa shape index (κ1) is 26.2. The number of aromatic amines is 1. The van der Waals surface area contributed by atoms with Crippen LogP contribution in [-0.2, 0) is 6.54 Å². The molecule has 1 aliphatic carbocycles. The van der Waals surface area contributed by atoms with Crippen molar-refractivity contribution in [1.29, 1.82) is 0 Å². The first-order chi connectivity index (χ1) is 16.6. The molecule has 7 nitrogen and oxygen atoms in total. The molecule has 0 bridgehead atoms. The Hall–Kier alpha value is -1.87. The Kier molecular flexibility index (Phi) is 7.95. The van der Waals surface area contributed by atoms with E-state index >= 15 is 0 Å². The van der Waals surface area contributed by atoms with Gasteiger partial charge in [0.1, 0.15) is 5.15 Å². The van der Waals surface area contributed by atoms with Crippen LogP contribution in [0.4, 0.5) is 0 Å². The van der Waals surface area contributed by atoms with E-state index in [0.717, 1.165) is 36.1 Å². The maximum absolute atomic E-state index is 13.7. The Balaban J connectivity index is 1.70. The third-order valence-electron chi connectivity index (χ3n) is 6.96. The van der Waals surface area contributed by atoms with Gasteiger partial charge in [0.05, 0.1) is 16.1 Å². The molecule has 1 aromatic heterocycles.